The van der Waals surface area contributed by atoms with Crippen LogP contribution in [-0.2, 0) is 39.0 Å². The molecule has 2 atom stereocenters. The third kappa shape index (κ3) is 6.86. The predicted octanol–water partition coefficient (Wildman–Crippen LogP) is 3.07. The van der Waals surface area contributed by atoms with E-state index < -0.39 is 83.9 Å². The summed E-state index contributed by atoms with van der Waals surface area (Å²) in [5, 5.41) is 2.06. The van der Waals surface area contributed by atoms with Crippen molar-refractivity contribution < 1.29 is 30.0 Å². The van der Waals surface area contributed by atoms with Gasteiger partial charge in [-0.3, -0.25) is 9.36 Å². The third-order valence-corrected chi connectivity index (χ3v) is 10.3. The number of fused-ring (bicyclic) bond motifs is 1. The lowest BCUT2D eigenvalue weighted by atomic mass is 9.94. The summed E-state index contributed by atoms with van der Waals surface area (Å²) in [6.45, 7) is 1.35. The maximum Gasteiger partial charge on any atom is 0.416 e. The molecule has 17 heteroatoms. The molecule has 0 aliphatic carbocycles. The standard InChI is InChI=1S/C25H27Cl2F3N4O6S2/c1-3-42(39,40)20-7-6-14(26)9-13(20)12-34-23(35)16-10-17(25(28,29)30)15(21(27)22(16)32-24(34)36)11-19(33-41(2,37)38)18-5-4-8-31-18/h6-7,9-10,18-19,31,33H,3-5,8,11-12H2,1-2H3,(H,32,36)/t18?,19-/m1/s1. The van der Waals surface area contributed by atoms with E-state index in [1.165, 1.54) is 25.1 Å². The van der Waals surface area contributed by atoms with Crippen molar-refractivity contribution in [2.24, 2.45) is 0 Å². The minimum Gasteiger partial charge on any atom is -0.312 e. The number of nitrogens with one attached hydrogen (secondary N) is 3. The van der Waals surface area contributed by atoms with Crippen LogP contribution >= 0.6 is 23.2 Å². The van der Waals surface area contributed by atoms with Gasteiger partial charge in [-0.15, -0.1) is 0 Å². The van der Waals surface area contributed by atoms with Gasteiger partial charge in [0.2, 0.25) is 10.0 Å². The first kappa shape index (κ1) is 32.5. The number of hydrogen-bond donors (Lipinski definition) is 3. The highest BCUT2D eigenvalue weighted by atomic mass is 35.5. The van der Waals surface area contributed by atoms with Crippen molar-refractivity contribution >= 4 is 54.0 Å². The Bertz CT molecular complexity index is 1870. The lowest BCUT2D eigenvalue weighted by Crippen LogP contribution is -2.48. The molecular formula is C25H27Cl2F3N4O6S2. The summed E-state index contributed by atoms with van der Waals surface area (Å²) in [6, 6.07) is 2.88. The lowest BCUT2D eigenvalue weighted by Gasteiger charge is -2.26. The van der Waals surface area contributed by atoms with Crippen molar-refractivity contribution in [3.05, 3.63) is 71.8 Å². The molecule has 1 saturated heterocycles. The highest BCUT2D eigenvalue weighted by Gasteiger charge is 2.38. The Labute approximate surface area is 249 Å². The fourth-order valence-corrected chi connectivity index (χ4v) is 7.54. The number of sulfonamides is 1. The Morgan fingerprint density at radius 1 is 1.14 bits per heavy atom. The number of sulfone groups is 1. The van der Waals surface area contributed by atoms with Crippen LogP contribution in [0.25, 0.3) is 10.9 Å². The number of aromatic amines is 1. The van der Waals surface area contributed by atoms with Crippen LogP contribution in [-0.4, -0.2) is 57.0 Å². The third-order valence-electron chi connectivity index (χ3n) is 7.07. The lowest BCUT2D eigenvalue weighted by molar-refractivity contribution is -0.138. The molecule has 0 amide bonds. The summed E-state index contributed by atoms with van der Waals surface area (Å²) in [5.74, 6) is -0.288. The van der Waals surface area contributed by atoms with E-state index >= 15 is 0 Å². The van der Waals surface area contributed by atoms with Gasteiger partial charge in [-0.2, -0.15) is 13.2 Å². The van der Waals surface area contributed by atoms with Gasteiger partial charge in [0, 0.05) is 17.1 Å². The average molecular weight is 672 g/mol. The molecule has 2 aromatic carbocycles. The molecule has 0 saturated carbocycles. The molecule has 1 aliphatic heterocycles. The fourth-order valence-electron chi connectivity index (χ4n) is 5.11. The number of nitrogens with zero attached hydrogens (tertiary/aromatic N) is 1. The highest BCUT2D eigenvalue weighted by molar-refractivity contribution is 7.91. The minimum absolute atomic E-state index is 0.00573. The predicted molar refractivity (Wildman–Crippen MR) is 154 cm³/mol. The summed E-state index contributed by atoms with van der Waals surface area (Å²) in [7, 11) is -7.64. The van der Waals surface area contributed by atoms with Crippen molar-refractivity contribution in [3.63, 3.8) is 0 Å². The van der Waals surface area contributed by atoms with Crippen LogP contribution in [0.15, 0.2) is 38.8 Å². The first-order valence-corrected chi connectivity index (χ1v) is 17.0. The zero-order valence-electron chi connectivity index (χ0n) is 22.3. The van der Waals surface area contributed by atoms with Gasteiger partial charge in [-0.1, -0.05) is 30.1 Å². The van der Waals surface area contributed by atoms with E-state index in [9.17, 15) is 39.6 Å². The van der Waals surface area contributed by atoms with Gasteiger partial charge in [0.15, 0.2) is 9.84 Å². The number of alkyl halides is 3. The molecule has 230 valence electrons. The molecule has 4 rings (SSSR count). The first-order valence-electron chi connectivity index (χ1n) is 12.7. The van der Waals surface area contributed by atoms with Crippen molar-refractivity contribution in [1.82, 2.24) is 19.6 Å². The molecule has 1 fully saturated rings. The largest absolute Gasteiger partial charge is 0.416 e. The fraction of sp³-hybridized carbons (Fsp3) is 0.440. The van der Waals surface area contributed by atoms with Gasteiger partial charge in [0.25, 0.3) is 5.56 Å². The van der Waals surface area contributed by atoms with Crippen LogP contribution in [0.3, 0.4) is 0 Å². The van der Waals surface area contributed by atoms with Crippen molar-refractivity contribution in [2.75, 3.05) is 18.6 Å². The van der Waals surface area contributed by atoms with E-state index in [1.807, 2.05) is 0 Å². The van der Waals surface area contributed by atoms with E-state index in [2.05, 4.69) is 15.0 Å². The molecule has 0 bridgehead atoms. The van der Waals surface area contributed by atoms with Crippen molar-refractivity contribution in [3.8, 4) is 0 Å². The van der Waals surface area contributed by atoms with E-state index in [1.54, 1.807) is 0 Å². The number of benzene rings is 2. The average Bonchev–Trinajstić information content (AvgIpc) is 3.41. The second kappa shape index (κ2) is 11.9. The molecule has 0 spiro atoms. The Morgan fingerprint density at radius 3 is 2.40 bits per heavy atom. The quantitative estimate of drug-likeness (QED) is 0.317. The molecule has 0 radical (unpaired) electrons. The van der Waals surface area contributed by atoms with Gasteiger partial charge < -0.3 is 10.3 Å². The Balaban J connectivity index is 1.91. The second-order valence-electron chi connectivity index (χ2n) is 10.0. The van der Waals surface area contributed by atoms with E-state index in [0.29, 0.717) is 30.0 Å². The number of halogens is 5. The highest BCUT2D eigenvalue weighted by Crippen LogP contribution is 2.39. The maximum atomic E-state index is 14.4. The SMILES string of the molecule is CCS(=O)(=O)c1ccc(Cl)cc1Cn1c(=O)[nH]c2c(Cl)c(C[C@@H](NS(C)(=O)=O)C3CCCN3)c(C(F)(F)F)cc2c1=O. The van der Waals surface area contributed by atoms with Crippen LogP contribution in [0.1, 0.15) is 36.5 Å². The molecular weight excluding hydrogens is 644 g/mol. The number of rotatable bonds is 9. The van der Waals surface area contributed by atoms with Crippen LogP contribution in [0, 0.1) is 0 Å². The number of H-pyrrole nitrogens is 1. The summed E-state index contributed by atoms with van der Waals surface area (Å²) >= 11 is 12.5. The zero-order chi connectivity index (χ0) is 31.2. The zero-order valence-corrected chi connectivity index (χ0v) is 25.5. The van der Waals surface area contributed by atoms with E-state index in [0.717, 1.165) is 6.26 Å². The van der Waals surface area contributed by atoms with Gasteiger partial charge in [0.05, 0.1) is 44.9 Å². The summed E-state index contributed by atoms with van der Waals surface area (Å²) in [6.07, 6.45) is -3.42. The summed E-state index contributed by atoms with van der Waals surface area (Å²) in [4.78, 5) is 28.7. The topological polar surface area (TPSA) is 147 Å². The Hall–Kier alpha value is -2.43. The molecule has 3 aromatic rings. The van der Waals surface area contributed by atoms with Crippen LogP contribution < -0.4 is 21.3 Å². The molecule has 1 aliphatic rings. The molecule has 10 nitrogen and oxygen atoms in total. The molecule has 42 heavy (non-hydrogen) atoms. The summed E-state index contributed by atoms with van der Waals surface area (Å²) < 4.78 is 95.3. The Kier molecular flexibility index (Phi) is 9.22. The normalized spacial score (nSPS) is 17.2. The summed E-state index contributed by atoms with van der Waals surface area (Å²) in [5.41, 5.74) is -4.33. The number of aromatic nitrogens is 2. The van der Waals surface area contributed by atoms with E-state index in [4.69, 9.17) is 23.2 Å². The van der Waals surface area contributed by atoms with Gasteiger partial charge in [-0.05, 0) is 61.2 Å². The van der Waals surface area contributed by atoms with Crippen LogP contribution in [0.4, 0.5) is 13.2 Å². The second-order valence-corrected chi connectivity index (χ2v) is 14.9. The monoisotopic (exact) mass is 670 g/mol. The minimum atomic E-state index is -5.01. The van der Waals surface area contributed by atoms with Crippen LogP contribution in [0.5, 0.6) is 0 Å². The van der Waals surface area contributed by atoms with Crippen molar-refractivity contribution in [2.45, 2.75) is 55.9 Å². The first-order chi connectivity index (χ1) is 19.4. The van der Waals surface area contributed by atoms with Crippen molar-refractivity contribution in [1.29, 1.82) is 0 Å². The molecule has 1 unspecified atom stereocenters. The smallest absolute Gasteiger partial charge is 0.312 e. The maximum absolute atomic E-state index is 14.4. The molecule has 3 N–H and O–H groups in total. The number of hydrogen-bond acceptors (Lipinski definition) is 7. The van der Waals surface area contributed by atoms with E-state index in [-0.39, 0.29) is 26.8 Å². The van der Waals surface area contributed by atoms with Gasteiger partial charge in [-0.25, -0.2) is 26.4 Å². The molecule has 2 heterocycles. The van der Waals surface area contributed by atoms with Crippen LogP contribution in [0.2, 0.25) is 10.0 Å². The molecule has 1 aromatic heterocycles. The van der Waals surface area contributed by atoms with Gasteiger partial charge >= 0.3 is 11.9 Å². The Morgan fingerprint density at radius 2 is 1.83 bits per heavy atom. The van der Waals surface area contributed by atoms with Gasteiger partial charge in [0.1, 0.15) is 0 Å².